The summed E-state index contributed by atoms with van der Waals surface area (Å²) in [6.07, 6.45) is 10.9. The minimum atomic E-state index is -1.47. The van der Waals surface area contributed by atoms with Crippen molar-refractivity contribution in [1.82, 2.24) is 0 Å². The van der Waals surface area contributed by atoms with Crippen LogP contribution in [0.4, 0.5) is 0 Å². The molecule has 0 aliphatic heterocycles. The average molecular weight is 356 g/mol. The lowest BCUT2D eigenvalue weighted by atomic mass is 9.51. The second kappa shape index (κ2) is 5.49. The van der Waals surface area contributed by atoms with E-state index < -0.39 is 23.4 Å². The molecule has 140 valence electrons. The Labute approximate surface area is 154 Å². The standard InChI is InChI=1S/C22H28O4/c1-13-10-18-16-5-4-14-11-15(24)6-8-20(14,2)17(16)7-9-21(18,3)22(13,26)19(25)12-23/h6-8,11,13,16,18,23,26H,4-5,9-10,12H2,1-3H3/t13-,16+,18+,20-,21-,22-/m0/s1. The highest BCUT2D eigenvalue weighted by molar-refractivity contribution is 6.01. The third kappa shape index (κ3) is 1.97. The Morgan fingerprint density at radius 2 is 2.08 bits per heavy atom. The van der Waals surface area contributed by atoms with Gasteiger partial charge in [-0.25, -0.2) is 0 Å². The average Bonchev–Trinajstić information content (AvgIpc) is 2.83. The molecule has 0 unspecified atom stereocenters. The maximum Gasteiger partial charge on any atom is 0.190 e. The fraction of sp³-hybridized carbons (Fsp3) is 0.636. The smallest absolute Gasteiger partial charge is 0.190 e. The van der Waals surface area contributed by atoms with Crippen LogP contribution >= 0.6 is 0 Å². The van der Waals surface area contributed by atoms with Crippen molar-refractivity contribution in [2.75, 3.05) is 6.61 Å². The van der Waals surface area contributed by atoms with E-state index in [0.29, 0.717) is 12.3 Å². The minimum Gasteiger partial charge on any atom is -0.388 e. The van der Waals surface area contributed by atoms with Crippen LogP contribution in [0.25, 0.3) is 0 Å². The lowest BCUT2D eigenvalue weighted by Gasteiger charge is -2.53. The maximum atomic E-state index is 12.5. The van der Waals surface area contributed by atoms with E-state index in [1.54, 1.807) is 12.2 Å². The predicted molar refractivity (Wildman–Crippen MR) is 98.2 cm³/mol. The van der Waals surface area contributed by atoms with Crippen LogP contribution in [-0.4, -0.2) is 34.0 Å². The summed E-state index contributed by atoms with van der Waals surface area (Å²) in [6, 6.07) is 0. The number of fused-ring (bicyclic) bond motifs is 5. The Balaban J connectivity index is 1.79. The Morgan fingerprint density at radius 1 is 1.35 bits per heavy atom. The molecule has 0 aromatic heterocycles. The number of ketones is 2. The largest absolute Gasteiger partial charge is 0.388 e. The highest BCUT2D eigenvalue weighted by Crippen LogP contribution is 2.66. The van der Waals surface area contributed by atoms with Gasteiger partial charge in [0, 0.05) is 10.8 Å². The number of carbonyl (C=O) groups is 2. The summed E-state index contributed by atoms with van der Waals surface area (Å²) in [5.41, 5.74) is 0.289. The Morgan fingerprint density at radius 3 is 2.77 bits per heavy atom. The molecule has 0 bridgehead atoms. The molecule has 4 aliphatic carbocycles. The van der Waals surface area contributed by atoms with Gasteiger partial charge in [-0.05, 0) is 62.5 Å². The number of hydrogen-bond acceptors (Lipinski definition) is 4. The SMILES string of the molecule is C[C@H]1C[C@@H]2[C@@H]3CCC4=CC(=O)C=C[C@]4(C)C3=CC[C@]2(C)[C@@]1(O)C(=O)CO. The van der Waals surface area contributed by atoms with Crippen LogP contribution < -0.4 is 0 Å². The Kier molecular flexibility index (Phi) is 3.78. The van der Waals surface area contributed by atoms with Crippen molar-refractivity contribution in [3.05, 3.63) is 35.5 Å². The normalized spacial score (nSPS) is 46.8. The number of carbonyl (C=O) groups excluding carboxylic acids is 2. The molecule has 0 saturated heterocycles. The maximum absolute atomic E-state index is 12.5. The Hall–Kier alpha value is -1.52. The quantitative estimate of drug-likeness (QED) is 0.746. The van der Waals surface area contributed by atoms with E-state index in [1.165, 1.54) is 11.1 Å². The van der Waals surface area contributed by atoms with Crippen molar-refractivity contribution in [3.8, 4) is 0 Å². The highest BCUT2D eigenvalue weighted by atomic mass is 16.3. The van der Waals surface area contributed by atoms with Gasteiger partial charge in [-0.2, -0.15) is 0 Å². The molecule has 4 aliphatic rings. The zero-order valence-corrected chi connectivity index (χ0v) is 15.8. The monoisotopic (exact) mass is 356 g/mol. The number of hydrogen-bond donors (Lipinski definition) is 2. The van der Waals surface area contributed by atoms with E-state index in [1.807, 2.05) is 19.9 Å². The van der Waals surface area contributed by atoms with Crippen LogP contribution in [0.1, 0.15) is 46.5 Å². The molecule has 26 heavy (non-hydrogen) atoms. The molecule has 0 heterocycles. The van der Waals surface area contributed by atoms with Crippen LogP contribution in [-0.2, 0) is 9.59 Å². The molecule has 2 saturated carbocycles. The second-order valence-electron chi connectivity index (χ2n) is 9.12. The van der Waals surface area contributed by atoms with Gasteiger partial charge in [-0.15, -0.1) is 0 Å². The Bertz CT molecular complexity index is 775. The first-order chi connectivity index (χ1) is 12.2. The summed E-state index contributed by atoms with van der Waals surface area (Å²) in [7, 11) is 0. The third-order valence-electron chi connectivity index (χ3n) is 8.10. The van der Waals surface area contributed by atoms with Gasteiger partial charge >= 0.3 is 0 Å². The lowest BCUT2D eigenvalue weighted by molar-refractivity contribution is -0.161. The van der Waals surface area contributed by atoms with E-state index in [9.17, 15) is 19.8 Å². The third-order valence-corrected chi connectivity index (χ3v) is 8.10. The topological polar surface area (TPSA) is 74.6 Å². The van der Waals surface area contributed by atoms with Crippen molar-refractivity contribution < 1.29 is 19.8 Å². The summed E-state index contributed by atoms with van der Waals surface area (Å²) < 4.78 is 0. The van der Waals surface area contributed by atoms with Gasteiger partial charge in [0.2, 0.25) is 0 Å². The number of aliphatic hydroxyl groups is 2. The molecule has 4 heteroatoms. The first-order valence-corrected chi connectivity index (χ1v) is 9.70. The van der Waals surface area contributed by atoms with E-state index >= 15 is 0 Å². The van der Waals surface area contributed by atoms with Crippen LogP contribution in [0.15, 0.2) is 35.5 Å². The second-order valence-corrected chi connectivity index (χ2v) is 9.12. The van der Waals surface area contributed by atoms with E-state index in [0.717, 1.165) is 19.3 Å². The highest BCUT2D eigenvalue weighted by Gasteiger charge is 2.66. The van der Waals surface area contributed by atoms with Crippen LogP contribution in [0.2, 0.25) is 0 Å². The molecular weight excluding hydrogens is 328 g/mol. The number of rotatable bonds is 2. The van der Waals surface area contributed by atoms with E-state index in [4.69, 9.17) is 0 Å². The van der Waals surface area contributed by atoms with E-state index in [-0.39, 0.29) is 23.0 Å². The molecule has 0 spiro atoms. The zero-order chi connectivity index (χ0) is 18.9. The van der Waals surface area contributed by atoms with Gasteiger partial charge in [-0.1, -0.05) is 37.1 Å². The predicted octanol–water partition coefficient (Wildman–Crippen LogP) is 2.75. The van der Waals surface area contributed by atoms with Gasteiger partial charge in [-0.3, -0.25) is 9.59 Å². The molecule has 0 radical (unpaired) electrons. The van der Waals surface area contributed by atoms with Gasteiger partial charge in [0.1, 0.15) is 12.2 Å². The van der Waals surface area contributed by atoms with Gasteiger partial charge in [0.15, 0.2) is 11.6 Å². The molecule has 2 fully saturated rings. The summed E-state index contributed by atoms with van der Waals surface area (Å²) in [4.78, 5) is 24.3. The molecule has 0 amide bonds. The molecule has 4 nitrogen and oxygen atoms in total. The van der Waals surface area contributed by atoms with E-state index in [2.05, 4.69) is 13.0 Å². The minimum absolute atomic E-state index is 0.0644. The first-order valence-electron chi connectivity index (χ1n) is 9.70. The zero-order valence-electron chi connectivity index (χ0n) is 15.8. The van der Waals surface area contributed by atoms with Crippen LogP contribution in [0.5, 0.6) is 0 Å². The number of Topliss-reactive ketones (excluding diaryl/α,β-unsaturated/α-hetero) is 1. The fourth-order valence-corrected chi connectivity index (χ4v) is 6.58. The summed E-state index contributed by atoms with van der Waals surface area (Å²) in [5, 5.41) is 20.9. The summed E-state index contributed by atoms with van der Waals surface area (Å²) >= 11 is 0. The molecular formula is C22H28O4. The van der Waals surface area contributed by atoms with Crippen LogP contribution in [0.3, 0.4) is 0 Å². The van der Waals surface area contributed by atoms with Crippen molar-refractivity contribution in [1.29, 1.82) is 0 Å². The molecule has 6 atom stereocenters. The summed E-state index contributed by atoms with van der Waals surface area (Å²) in [6.45, 7) is 5.54. The van der Waals surface area contributed by atoms with Crippen molar-refractivity contribution in [3.63, 3.8) is 0 Å². The lowest BCUT2D eigenvalue weighted by Crippen LogP contribution is -2.57. The molecule has 0 aromatic carbocycles. The number of aliphatic hydroxyl groups excluding tert-OH is 1. The molecule has 4 rings (SSSR count). The first kappa shape index (κ1) is 17.9. The fourth-order valence-electron chi connectivity index (χ4n) is 6.58. The summed E-state index contributed by atoms with van der Waals surface area (Å²) in [5.74, 6) is -0.0376. The number of allylic oxidation sites excluding steroid dienone is 6. The van der Waals surface area contributed by atoms with Crippen molar-refractivity contribution in [2.45, 2.75) is 52.1 Å². The van der Waals surface area contributed by atoms with Crippen molar-refractivity contribution in [2.24, 2.45) is 28.6 Å². The van der Waals surface area contributed by atoms with Crippen LogP contribution in [0, 0.1) is 28.6 Å². The van der Waals surface area contributed by atoms with Gasteiger partial charge in [0.05, 0.1) is 0 Å². The van der Waals surface area contributed by atoms with Crippen molar-refractivity contribution >= 4 is 11.6 Å². The van der Waals surface area contributed by atoms with Gasteiger partial charge < -0.3 is 10.2 Å². The molecule has 0 aromatic rings. The van der Waals surface area contributed by atoms with Gasteiger partial charge in [0.25, 0.3) is 0 Å². The molecule has 2 N–H and O–H groups in total.